The summed E-state index contributed by atoms with van der Waals surface area (Å²) in [6.45, 7) is 1.11. The summed E-state index contributed by atoms with van der Waals surface area (Å²) < 4.78 is 9.09. The van der Waals surface area contributed by atoms with E-state index in [2.05, 4.69) is 15.3 Å². The molecular formula is C16H18N6O2. The van der Waals surface area contributed by atoms with Crippen LogP contribution in [0.2, 0.25) is 0 Å². The van der Waals surface area contributed by atoms with Gasteiger partial charge in [0.15, 0.2) is 0 Å². The summed E-state index contributed by atoms with van der Waals surface area (Å²) in [6, 6.07) is 3.65. The fourth-order valence-corrected chi connectivity index (χ4v) is 3.23. The molecule has 3 aromatic rings. The van der Waals surface area contributed by atoms with E-state index in [1.165, 1.54) is 0 Å². The minimum Gasteiger partial charge on any atom is -0.379 e. The molecule has 2 atom stereocenters. The molecule has 1 aliphatic heterocycles. The molecular weight excluding hydrogens is 308 g/mol. The summed E-state index contributed by atoms with van der Waals surface area (Å²) in [5, 5.41) is 8.16. The second-order valence-electron chi connectivity index (χ2n) is 6.02. The molecule has 0 unspecified atom stereocenters. The Bertz CT molecular complexity index is 885. The van der Waals surface area contributed by atoms with Crippen molar-refractivity contribution in [3.8, 4) is 0 Å². The largest absolute Gasteiger partial charge is 0.379 e. The van der Waals surface area contributed by atoms with Crippen molar-refractivity contribution < 1.29 is 9.53 Å². The van der Waals surface area contributed by atoms with E-state index in [1.54, 1.807) is 18.0 Å². The number of carbonyl (C=O) groups excluding carboxylic acids is 1. The number of aromatic nitrogens is 5. The van der Waals surface area contributed by atoms with E-state index >= 15 is 0 Å². The first-order chi connectivity index (χ1) is 11.7. The molecule has 0 spiro atoms. The van der Waals surface area contributed by atoms with Gasteiger partial charge in [-0.2, -0.15) is 0 Å². The summed E-state index contributed by atoms with van der Waals surface area (Å²) in [5.74, 6) is 0.0173. The molecule has 1 saturated heterocycles. The Balaban J connectivity index is 1.58. The Morgan fingerprint density at radius 2 is 2.17 bits per heavy atom. The molecule has 8 heteroatoms. The average Bonchev–Trinajstić information content (AvgIpc) is 3.31. The van der Waals surface area contributed by atoms with Crippen LogP contribution in [-0.4, -0.2) is 61.5 Å². The number of ether oxygens (including phenoxy) is 1. The van der Waals surface area contributed by atoms with Crippen molar-refractivity contribution in [2.45, 2.75) is 12.0 Å². The van der Waals surface area contributed by atoms with Gasteiger partial charge in [0.25, 0.3) is 5.91 Å². The minimum absolute atomic E-state index is 0.0148. The Morgan fingerprint density at radius 1 is 1.29 bits per heavy atom. The van der Waals surface area contributed by atoms with E-state index in [1.807, 2.05) is 47.1 Å². The third kappa shape index (κ3) is 2.44. The summed E-state index contributed by atoms with van der Waals surface area (Å²) in [5.41, 5.74) is 2.31. The van der Waals surface area contributed by atoms with Crippen LogP contribution < -0.4 is 0 Å². The number of pyridine rings is 1. The van der Waals surface area contributed by atoms with Crippen LogP contribution in [0, 0.1) is 0 Å². The lowest BCUT2D eigenvalue weighted by molar-refractivity contribution is 0.0714. The van der Waals surface area contributed by atoms with Crippen molar-refractivity contribution in [1.82, 2.24) is 29.3 Å². The van der Waals surface area contributed by atoms with E-state index < -0.39 is 0 Å². The van der Waals surface area contributed by atoms with Crippen LogP contribution in [0.5, 0.6) is 0 Å². The summed E-state index contributed by atoms with van der Waals surface area (Å²) >= 11 is 0. The number of hydrogen-bond acceptors (Lipinski definition) is 5. The highest BCUT2D eigenvalue weighted by molar-refractivity contribution is 5.94. The molecule has 0 N–H and O–H groups in total. The van der Waals surface area contributed by atoms with E-state index in [9.17, 15) is 4.79 Å². The van der Waals surface area contributed by atoms with Crippen LogP contribution in [0.1, 0.15) is 22.0 Å². The van der Waals surface area contributed by atoms with Crippen LogP contribution in [0.4, 0.5) is 0 Å². The van der Waals surface area contributed by atoms with Gasteiger partial charge < -0.3 is 14.0 Å². The number of rotatable bonds is 3. The SMILES string of the molecule is CO[C@@H]1CN(C(=O)c2ccc3nccn3c2)C[C@H]1c1cn(C)nn1. The summed E-state index contributed by atoms with van der Waals surface area (Å²) in [7, 11) is 3.50. The molecule has 3 aromatic heterocycles. The first-order valence-corrected chi connectivity index (χ1v) is 7.76. The number of methoxy groups -OCH3 is 1. The zero-order chi connectivity index (χ0) is 16.7. The predicted molar refractivity (Wildman–Crippen MR) is 85.6 cm³/mol. The number of amides is 1. The Kier molecular flexibility index (Phi) is 3.53. The van der Waals surface area contributed by atoms with Crippen molar-refractivity contribution in [3.63, 3.8) is 0 Å². The predicted octanol–water partition coefficient (Wildman–Crippen LogP) is 0.717. The highest BCUT2D eigenvalue weighted by Crippen LogP contribution is 2.29. The van der Waals surface area contributed by atoms with Crippen molar-refractivity contribution in [2.75, 3.05) is 20.2 Å². The van der Waals surface area contributed by atoms with Crippen LogP contribution in [0.25, 0.3) is 5.65 Å². The monoisotopic (exact) mass is 326 g/mol. The molecule has 24 heavy (non-hydrogen) atoms. The Labute approximate surface area is 138 Å². The van der Waals surface area contributed by atoms with Gasteiger partial charge in [0, 0.05) is 52.0 Å². The first kappa shape index (κ1) is 14.8. The third-order valence-electron chi connectivity index (χ3n) is 4.49. The van der Waals surface area contributed by atoms with Crippen molar-refractivity contribution in [3.05, 3.63) is 48.2 Å². The molecule has 0 bridgehead atoms. The molecule has 4 rings (SSSR count). The molecule has 0 aliphatic carbocycles. The molecule has 0 radical (unpaired) electrons. The number of carbonyl (C=O) groups is 1. The second-order valence-corrected chi connectivity index (χ2v) is 6.02. The Hall–Kier alpha value is -2.74. The zero-order valence-corrected chi connectivity index (χ0v) is 13.5. The standard InChI is InChI=1S/C16H18N6O2/c1-20-9-13(18-19-20)12-8-22(10-14(12)24-2)16(23)11-3-4-15-17-5-6-21(15)7-11/h3-7,9,12,14H,8,10H2,1-2H3/t12-,14+/m0/s1. The minimum atomic E-state index is -0.0809. The average molecular weight is 326 g/mol. The van der Waals surface area contributed by atoms with Crippen LogP contribution >= 0.6 is 0 Å². The molecule has 1 aliphatic rings. The molecule has 4 heterocycles. The maximum atomic E-state index is 12.9. The van der Waals surface area contributed by atoms with Gasteiger partial charge in [-0.25, -0.2) is 4.98 Å². The fraction of sp³-hybridized carbons (Fsp3) is 0.375. The maximum absolute atomic E-state index is 12.9. The number of fused-ring (bicyclic) bond motifs is 1. The van der Waals surface area contributed by atoms with Gasteiger partial charge >= 0.3 is 0 Å². The van der Waals surface area contributed by atoms with E-state index in [0.29, 0.717) is 18.7 Å². The van der Waals surface area contributed by atoms with Crippen molar-refractivity contribution >= 4 is 11.6 Å². The highest BCUT2D eigenvalue weighted by atomic mass is 16.5. The molecule has 0 saturated carbocycles. The van der Waals surface area contributed by atoms with Crippen molar-refractivity contribution in [2.24, 2.45) is 7.05 Å². The van der Waals surface area contributed by atoms with Gasteiger partial charge in [-0.3, -0.25) is 9.48 Å². The van der Waals surface area contributed by atoms with Gasteiger partial charge in [0.05, 0.1) is 23.3 Å². The molecule has 1 fully saturated rings. The number of hydrogen-bond donors (Lipinski definition) is 0. The zero-order valence-electron chi connectivity index (χ0n) is 13.5. The normalized spacial score (nSPS) is 20.8. The smallest absolute Gasteiger partial charge is 0.255 e. The third-order valence-corrected chi connectivity index (χ3v) is 4.49. The lowest BCUT2D eigenvalue weighted by Gasteiger charge is -2.16. The summed E-state index contributed by atoms with van der Waals surface area (Å²) in [6.07, 6.45) is 7.15. The van der Waals surface area contributed by atoms with Gasteiger partial charge in [-0.05, 0) is 12.1 Å². The Morgan fingerprint density at radius 3 is 2.92 bits per heavy atom. The van der Waals surface area contributed by atoms with Crippen LogP contribution in [0.3, 0.4) is 0 Å². The van der Waals surface area contributed by atoms with Crippen LogP contribution in [0.15, 0.2) is 36.9 Å². The second kappa shape index (κ2) is 5.72. The molecule has 1 amide bonds. The summed E-state index contributed by atoms with van der Waals surface area (Å²) in [4.78, 5) is 18.9. The van der Waals surface area contributed by atoms with E-state index in [0.717, 1.165) is 11.3 Å². The van der Waals surface area contributed by atoms with E-state index in [4.69, 9.17) is 4.74 Å². The molecule has 0 aromatic carbocycles. The number of likely N-dealkylation sites (tertiary alicyclic amines) is 1. The highest BCUT2D eigenvalue weighted by Gasteiger charge is 2.38. The first-order valence-electron chi connectivity index (χ1n) is 7.76. The number of aryl methyl sites for hydroxylation is 1. The van der Waals surface area contributed by atoms with Gasteiger partial charge in [0.2, 0.25) is 0 Å². The fourth-order valence-electron chi connectivity index (χ4n) is 3.23. The quantitative estimate of drug-likeness (QED) is 0.709. The maximum Gasteiger partial charge on any atom is 0.255 e. The van der Waals surface area contributed by atoms with E-state index in [-0.39, 0.29) is 17.9 Å². The lowest BCUT2D eigenvalue weighted by Crippen LogP contribution is -2.30. The molecule has 124 valence electrons. The van der Waals surface area contributed by atoms with Crippen LogP contribution in [-0.2, 0) is 11.8 Å². The number of nitrogens with zero attached hydrogens (tertiary/aromatic N) is 6. The lowest BCUT2D eigenvalue weighted by atomic mass is 10.0. The molecule has 8 nitrogen and oxygen atoms in total. The van der Waals surface area contributed by atoms with Gasteiger partial charge in [-0.15, -0.1) is 5.10 Å². The number of imidazole rings is 1. The topological polar surface area (TPSA) is 77.5 Å². The van der Waals surface area contributed by atoms with Crippen molar-refractivity contribution in [1.29, 1.82) is 0 Å². The van der Waals surface area contributed by atoms with Gasteiger partial charge in [-0.1, -0.05) is 5.21 Å². The van der Waals surface area contributed by atoms with Gasteiger partial charge in [0.1, 0.15) is 5.65 Å².